The van der Waals surface area contributed by atoms with Crippen LogP contribution in [0.15, 0.2) is 12.1 Å². The molecule has 4 nitrogen and oxygen atoms in total. The molecule has 0 bridgehead atoms. The summed E-state index contributed by atoms with van der Waals surface area (Å²) in [5.41, 5.74) is 6.96. The summed E-state index contributed by atoms with van der Waals surface area (Å²) in [5.74, 6) is 0. The summed E-state index contributed by atoms with van der Waals surface area (Å²) in [4.78, 5) is 0.448. The molecule has 0 saturated carbocycles. The van der Waals surface area contributed by atoms with Crippen molar-refractivity contribution in [2.75, 3.05) is 0 Å². The van der Waals surface area contributed by atoms with Gasteiger partial charge in [-0.1, -0.05) is 40.6 Å². The lowest BCUT2D eigenvalue weighted by atomic mass is 10.3. The van der Waals surface area contributed by atoms with Gasteiger partial charge in [-0.15, -0.1) is 5.10 Å². The summed E-state index contributed by atoms with van der Waals surface area (Å²) in [6.07, 6.45) is 0.577. The molecule has 0 atom stereocenters. The maximum atomic E-state index is 5.93. The lowest BCUT2D eigenvalue weighted by Crippen LogP contribution is -2.12. The van der Waals surface area contributed by atoms with Crippen molar-refractivity contribution in [3.05, 3.63) is 22.2 Å². The second kappa shape index (κ2) is 4.53. The van der Waals surface area contributed by atoms with Crippen LogP contribution >= 0.6 is 35.4 Å². The Hall–Kier alpha value is -0.910. The smallest absolute Gasteiger partial charge is 0.114 e. The van der Waals surface area contributed by atoms with Crippen molar-refractivity contribution in [3.63, 3.8) is 0 Å². The first-order valence-corrected chi connectivity index (χ1v) is 5.71. The number of aromatic nitrogens is 3. The third-order valence-corrected chi connectivity index (χ3v) is 3.05. The van der Waals surface area contributed by atoms with Gasteiger partial charge in [-0.3, -0.25) is 0 Å². The van der Waals surface area contributed by atoms with Gasteiger partial charge in [0.25, 0.3) is 0 Å². The zero-order chi connectivity index (χ0) is 11.7. The summed E-state index contributed by atoms with van der Waals surface area (Å²) in [7, 11) is 0. The Bertz CT molecular complexity index is 552. The third kappa shape index (κ3) is 2.26. The summed E-state index contributed by atoms with van der Waals surface area (Å²) in [6.45, 7) is 0.587. The fourth-order valence-electron chi connectivity index (χ4n) is 1.34. The average molecular weight is 275 g/mol. The predicted molar refractivity (Wildman–Crippen MR) is 69.0 cm³/mol. The Labute approximate surface area is 107 Å². The minimum absolute atomic E-state index is 0.448. The molecule has 1 aromatic carbocycles. The minimum Gasteiger partial charge on any atom is -0.393 e. The van der Waals surface area contributed by atoms with Gasteiger partial charge in [0.2, 0.25) is 0 Å². The number of halogens is 2. The fourth-order valence-corrected chi connectivity index (χ4v) is 1.75. The highest BCUT2D eigenvalue weighted by molar-refractivity contribution is 7.80. The monoisotopic (exact) mass is 274 g/mol. The number of thiocarbonyl (C=S) groups is 1. The predicted octanol–water partition coefficient (Wildman–Crippen LogP) is 2.41. The van der Waals surface area contributed by atoms with Gasteiger partial charge in [0.15, 0.2) is 0 Å². The molecule has 1 aromatic heterocycles. The first-order valence-electron chi connectivity index (χ1n) is 4.54. The molecule has 0 spiro atoms. The molecular weight excluding hydrogens is 267 g/mol. The molecule has 84 valence electrons. The number of rotatable bonds is 3. The van der Waals surface area contributed by atoms with Crippen LogP contribution in [0.1, 0.15) is 6.42 Å². The van der Waals surface area contributed by atoms with Gasteiger partial charge < -0.3 is 5.73 Å². The molecule has 0 aliphatic rings. The van der Waals surface area contributed by atoms with E-state index in [0.717, 1.165) is 5.52 Å². The number of hydrogen-bond donors (Lipinski definition) is 1. The van der Waals surface area contributed by atoms with E-state index in [1.54, 1.807) is 16.8 Å². The van der Waals surface area contributed by atoms with E-state index in [2.05, 4.69) is 10.3 Å². The van der Waals surface area contributed by atoms with Crippen molar-refractivity contribution < 1.29 is 0 Å². The SMILES string of the molecule is NC(=S)CCn1nnc2cc(Cl)c(Cl)cc21. The second-order valence-electron chi connectivity index (χ2n) is 3.28. The van der Waals surface area contributed by atoms with Crippen molar-refractivity contribution in [2.24, 2.45) is 5.73 Å². The van der Waals surface area contributed by atoms with Crippen LogP contribution in [0.4, 0.5) is 0 Å². The highest BCUT2D eigenvalue weighted by Gasteiger charge is 2.08. The van der Waals surface area contributed by atoms with Crippen LogP contribution in [-0.4, -0.2) is 20.0 Å². The Balaban J connectivity index is 2.40. The van der Waals surface area contributed by atoms with Crippen LogP contribution in [0.25, 0.3) is 11.0 Å². The van der Waals surface area contributed by atoms with E-state index >= 15 is 0 Å². The molecule has 2 N–H and O–H groups in total. The Morgan fingerprint density at radius 1 is 1.38 bits per heavy atom. The van der Waals surface area contributed by atoms with Gasteiger partial charge in [-0.05, 0) is 12.1 Å². The third-order valence-electron chi connectivity index (χ3n) is 2.13. The summed E-state index contributed by atoms with van der Waals surface area (Å²) < 4.78 is 1.71. The maximum absolute atomic E-state index is 5.93. The van der Waals surface area contributed by atoms with Crippen molar-refractivity contribution in [3.8, 4) is 0 Å². The molecule has 1 heterocycles. The van der Waals surface area contributed by atoms with Crippen molar-refractivity contribution >= 4 is 51.4 Å². The standard InChI is InChI=1S/C9H8Cl2N4S/c10-5-3-7-8(4-6(5)11)15(14-13-7)2-1-9(12)16/h3-4H,1-2H2,(H2,12,16). The van der Waals surface area contributed by atoms with Crippen molar-refractivity contribution in [2.45, 2.75) is 13.0 Å². The number of nitrogens with zero attached hydrogens (tertiary/aromatic N) is 3. The molecule has 0 fully saturated rings. The van der Waals surface area contributed by atoms with E-state index in [0.29, 0.717) is 33.5 Å². The van der Waals surface area contributed by atoms with E-state index in [-0.39, 0.29) is 0 Å². The Morgan fingerprint density at radius 2 is 2.06 bits per heavy atom. The van der Waals surface area contributed by atoms with E-state index in [4.69, 9.17) is 41.2 Å². The summed E-state index contributed by atoms with van der Waals surface area (Å²) >= 11 is 16.6. The van der Waals surface area contributed by atoms with Crippen LogP contribution < -0.4 is 5.73 Å². The molecule has 16 heavy (non-hydrogen) atoms. The lowest BCUT2D eigenvalue weighted by molar-refractivity contribution is 0.625. The van der Waals surface area contributed by atoms with Crippen LogP contribution in [0.5, 0.6) is 0 Å². The maximum Gasteiger partial charge on any atom is 0.114 e. The first kappa shape index (κ1) is 11.6. The molecule has 0 aliphatic carbocycles. The van der Waals surface area contributed by atoms with Crippen molar-refractivity contribution in [1.29, 1.82) is 0 Å². The van der Waals surface area contributed by atoms with Gasteiger partial charge in [0.05, 0.1) is 20.6 Å². The van der Waals surface area contributed by atoms with E-state index in [1.165, 1.54) is 0 Å². The molecule has 2 rings (SSSR count). The highest BCUT2D eigenvalue weighted by atomic mass is 35.5. The van der Waals surface area contributed by atoms with Crippen LogP contribution in [0, 0.1) is 0 Å². The normalized spacial score (nSPS) is 10.9. The largest absolute Gasteiger partial charge is 0.393 e. The van der Waals surface area contributed by atoms with E-state index in [1.807, 2.05) is 0 Å². The van der Waals surface area contributed by atoms with Gasteiger partial charge in [0, 0.05) is 13.0 Å². The highest BCUT2D eigenvalue weighted by Crippen LogP contribution is 2.26. The van der Waals surface area contributed by atoms with Gasteiger partial charge >= 0.3 is 0 Å². The fraction of sp³-hybridized carbons (Fsp3) is 0.222. The number of hydrogen-bond acceptors (Lipinski definition) is 3. The molecule has 2 aromatic rings. The number of fused-ring (bicyclic) bond motifs is 1. The molecule has 0 unspecified atom stereocenters. The topological polar surface area (TPSA) is 56.7 Å². The summed E-state index contributed by atoms with van der Waals surface area (Å²) in [6, 6.07) is 3.42. The van der Waals surface area contributed by atoms with Gasteiger partial charge in [-0.25, -0.2) is 4.68 Å². The Kier molecular flexibility index (Phi) is 3.28. The van der Waals surface area contributed by atoms with Crippen molar-refractivity contribution in [1.82, 2.24) is 15.0 Å². The number of aryl methyl sites for hydroxylation is 1. The number of nitrogens with two attached hydrogens (primary N) is 1. The lowest BCUT2D eigenvalue weighted by Gasteiger charge is -2.01. The molecule has 0 aliphatic heterocycles. The van der Waals surface area contributed by atoms with E-state index in [9.17, 15) is 0 Å². The van der Waals surface area contributed by atoms with Crippen LogP contribution in [0.3, 0.4) is 0 Å². The molecule has 0 saturated heterocycles. The van der Waals surface area contributed by atoms with E-state index < -0.39 is 0 Å². The molecular formula is C9H8Cl2N4S. The molecule has 0 amide bonds. The Morgan fingerprint density at radius 3 is 2.75 bits per heavy atom. The van der Waals surface area contributed by atoms with Crippen LogP contribution in [-0.2, 0) is 6.54 Å². The van der Waals surface area contributed by atoms with Gasteiger partial charge in [0.1, 0.15) is 5.52 Å². The molecule has 7 heteroatoms. The number of benzene rings is 1. The van der Waals surface area contributed by atoms with Gasteiger partial charge in [-0.2, -0.15) is 0 Å². The molecule has 0 radical (unpaired) electrons. The average Bonchev–Trinajstić information content (AvgIpc) is 2.58. The minimum atomic E-state index is 0.448. The zero-order valence-electron chi connectivity index (χ0n) is 8.15. The first-order chi connectivity index (χ1) is 7.58. The quantitative estimate of drug-likeness (QED) is 0.874. The second-order valence-corrected chi connectivity index (χ2v) is 4.62. The summed E-state index contributed by atoms with van der Waals surface area (Å²) in [5, 5.41) is 8.92. The van der Waals surface area contributed by atoms with Crippen LogP contribution in [0.2, 0.25) is 10.0 Å². The zero-order valence-corrected chi connectivity index (χ0v) is 10.5.